The van der Waals surface area contributed by atoms with Crippen LogP contribution in [0.25, 0.3) is 0 Å². The molecular formula is C16H18BrF3N4O4S. The van der Waals surface area contributed by atoms with Gasteiger partial charge in [0.1, 0.15) is 23.0 Å². The Morgan fingerprint density at radius 1 is 1.34 bits per heavy atom. The molecule has 1 heterocycles. The second-order valence-electron chi connectivity index (χ2n) is 6.43. The van der Waals surface area contributed by atoms with Gasteiger partial charge >= 0.3 is 0 Å². The molecule has 2 aromatic rings. The van der Waals surface area contributed by atoms with Crippen LogP contribution >= 0.6 is 15.9 Å². The third-order valence-corrected chi connectivity index (χ3v) is 6.49. The second kappa shape index (κ2) is 9.22. The van der Waals surface area contributed by atoms with Crippen molar-refractivity contribution in [1.29, 1.82) is 0 Å². The van der Waals surface area contributed by atoms with E-state index in [4.69, 9.17) is 0 Å². The van der Waals surface area contributed by atoms with Gasteiger partial charge in [0.2, 0.25) is 10.0 Å². The fourth-order valence-electron chi connectivity index (χ4n) is 2.37. The van der Waals surface area contributed by atoms with E-state index in [-0.39, 0.29) is 34.4 Å². The van der Waals surface area contributed by atoms with Gasteiger partial charge in [0.25, 0.3) is 5.92 Å². The highest BCUT2D eigenvalue weighted by Gasteiger charge is 2.37. The van der Waals surface area contributed by atoms with Crippen molar-refractivity contribution < 1.29 is 31.4 Å². The number of oxime groups is 1. The molecule has 0 fully saturated rings. The summed E-state index contributed by atoms with van der Waals surface area (Å²) in [5.41, 5.74) is 0.478. The van der Waals surface area contributed by atoms with Gasteiger partial charge in [-0.1, -0.05) is 16.4 Å². The smallest absolute Gasteiger partial charge is 0.263 e. The van der Waals surface area contributed by atoms with E-state index in [0.717, 1.165) is 4.31 Å². The van der Waals surface area contributed by atoms with Crippen LogP contribution in [0.15, 0.2) is 32.5 Å². The van der Waals surface area contributed by atoms with E-state index < -0.39 is 33.9 Å². The molecule has 1 N–H and O–H groups in total. The minimum absolute atomic E-state index is 0.00198. The molecule has 0 radical (unpaired) electrons. The summed E-state index contributed by atoms with van der Waals surface area (Å²) in [4.78, 5) is 0. The van der Waals surface area contributed by atoms with Gasteiger partial charge in [-0.05, 0) is 38.8 Å². The molecule has 0 aliphatic carbocycles. The van der Waals surface area contributed by atoms with E-state index in [1.54, 1.807) is 0 Å². The molecule has 0 atom stereocenters. The van der Waals surface area contributed by atoms with Crippen LogP contribution in [-0.4, -0.2) is 59.7 Å². The standard InChI is InChI=1S/C16H18BrF3N4O4S/c1-24(2)29(26,27)9-16(19,20)6-5-13-15(23-28-22-13)14(21-25)8-10-3-4-12(18)11(17)7-10/h3-4,7,25H,5-6,8-9H2,1-2H3/b21-14+. The number of halogens is 4. The quantitative estimate of drug-likeness (QED) is 0.323. The van der Waals surface area contributed by atoms with Crippen LogP contribution in [0, 0.1) is 5.82 Å². The van der Waals surface area contributed by atoms with E-state index in [1.807, 2.05) is 0 Å². The van der Waals surface area contributed by atoms with E-state index in [0.29, 0.717) is 5.56 Å². The fraction of sp³-hybridized carbons (Fsp3) is 0.438. The monoisotopic (exact) mass is 498 g/mol. The summed E-state index contributed by atoms with van der Waals surface area (Å²) in [5.74, 6) is -5.34. The van der Waals surface area contributed by atoms with Crippen LogP contribution in [0.1, 0.15) is 23.4 Å². The number of aryl methyl sites for hydroxylation is 1. The highest BCUT2D eigenvalue weighted by molar-refractivity contribution is 9.10. The summed E-state index contributed by atoms with van der Waals surface area (Å²) in [5, 5.41) is 19.6. The van der Waals surface area contributed by atoms with Crippen LogP contribution in [0.4, 0.5) is 13.2 Å². The van der Waals surface area contributed by atoms with Crippen molar-refractivity contribution in [2.75, 3.05) is 19.8 Å². The van der Waals surface area contributed by atoms with Crippen LogP contribution in [0.3, 0.4) is 0 Å². The maximum atomic E-state index is 14.1. The number of nitrogens with zero attached hydrogens (tertiary/aromatic N) is 4. The average Bonchev–Trinajstić information content (AvgIpc) is 3.08. The number of aromatic nitrogens is 2. The molecule has 0 bridgehead atoms. The molecule has 1 aromatic heterocycles. The highest BCUT2D eigenvalue weighted by Crippen LogP contribution is 2.25. The Morgan fingerprint density at radius 2 is 2.03 bits per heavy atom. The Morgan fingerprint density at radius 3 is 2.62 bits per heavy atom. The van der Waals surface area contributed by atoms with Crippen LogP contribution in [-0.2, 0) is 22.9 Å². The Kier molecular flexibility index (Phi) is 7.40. The largest absolute Gasteiger partial charge is 0.411 e. The first kappa shape index (κ1) is 23.3. The van der Waals surface area contributed by atoms with Gasteiger partial charge in [-0.15, -0.1) is 0 Å². The zero-order valence-corrected chi connectivity index (χ0v) is 17.8. The Bertz CT molecular complexity index is 996. The van der Waals surface area contributed by atoms with Crippen molar-refractivity contribution in [3.05, 3.63) is 45.4 Å². The molecule has 0 unspecified atom stereocenters. The summed E-state index contributed by atoms with van der Waals surface area (Å²) in [6.07, 6.45) is -1.19. The number of hydrogen-bond acceptors (Lipinski definition) is 7. The molecule has 29 heavy (non-hydrogen) atoms. The molecule has 0 aliphatic heterocycles. The van der Waals surface area contributed by atoms with Gasteiger partial charge in [-0.25, -0.2) is 30.5 Å². The number of benzene rings is 1. The Hall–Kier alpha value is -1.99. The molecule has 2 rings (SSSR count). The average molecular weight is 499 g/mol. The molecule has 13 heteroatoms. The van der Waals surface area contributed by atoms with Gasteiger partial charge < -0.3 is 5.21 Å². The van der Waals surface area contributed by atoms with E-state index in [2.05, 4.69) is 36.0 Å². The molecule has 0 saturated carbocycles. The summed E-state index contributed by atoms with van der Waals surface area (Å²) < 4.78 is 70.5. The molecule has 0 spiro atoms. The van der Waals surface area contributed by atoms with Crippen molar-refractivity contribution in [2.45, 2.75) is 25.2 Å². The van der Waals surface area contributed by atoms with Gasteiger partial charge in [-0.2, -0.15) is 0 Å². The predicted octanol–water partition coefficient (Wildman–Crippen LogP) is 2.85. The van der Waals surface area contributed by atoms with Crippen molar-refractivity contribution in [2.24, 2.45) is 5.16 Å². The minimum Gasteiger partial charge on any atom is -0.411 e. The lowest BCUT2D eigenvalue weighted by atomic mass is 10.0. The van der Waals surface area contributed by atoms with Gasteiger partial charge in [-0.3, -0.25) is 0 Å². The molecule has 0 aliphatic rings. The van der Waals surface area contributed by atoms with Crippen LogP contribution in [0.2, 0.25) is 0 Å². The summed E-state index contributed by atoms with van der Waals surface area (Å²) in [6, 6.07) is 4.13. The third-order valence-electron chi connectivity index (χ3n) is 3.98. The lowest BCUT2D eigenvalue weighted by Gasteiger charge is -2.18. The minimum atomic E-state index is -4.10. The normalized spacial score (nSPS) is 13.3. The van der Waals surface area contributed by atoms with Crippen molar-refractivity contribution in [3.8, 4) is 0 Å². The van der Waals surface area contributed by atoms with E-state index in [1.165, 1.54) is 32.3 Å². The first-order valence-electron chi connectivity index (χ1n) is 8.20. The van der Waals surface area contributed by atoms with Crippen LogP contribution < -0.4 is 0 Å². The number of rotatable bonds is 9. The van der Waals surface area contributed by atoms with Crippen molar-refractivity contribution in [1.82, 2.24) is 14.6 Å². The third kappa shape index (κ3) is 6.24. The molecule has 1 aromatic carbocycles. The first-order chi connectivity index (χ1) is 13.4. The van der Waals surface area contributed by atoms with Crippen molar-refractivity contribution in [3.63, 3.8) is 0 Å². The lowest BCUT2D eigenvalue weighted by Crippen LogP contribution is -2.35. The SMILES string of the molecule is CN(C)S(=O)(=O)CC(F)(F)CCc1nonc1/C(Cc1ccc(F)c(Br)c1)=N/O. The molecule has 8 nitrogen and oxygen atoms in total. The predicted molar refractivity (Wildman–Crippen MR) is 101 cm³/mol. The maximum Gasteiger partial charge on any atom is 0.263 e. The summed E-state index contributed by atoms with van der Waals surface area (Å²) in [7, 11) is -1.76. The highest BCUT2D eigenvalue weighted by atomic mass is 79.9. The number of hydrogen-bond donors (Lipinski definition) is 1. The second-order valence-corrected chi connectivity index (χ2v) is 9.46. The lowest BCUT2D eigenvalue weighted by molar-refractivity contribution is 0.0157. The summed E-state index contributed by atoms with van der Waals surface area (Å²) >= 11 is 3.04. The first-order valence-corrected chi connectivity index (χ1v) is 10.6. The van der Waals surface area contributed by atoms with Crippen LogP contribution in [0.5, 0.6) is 0 Å². The van der Waals surface area contributed by atoms with Crippen molar-refractivity contribution >= 4 is 31.7 Å². The van der Waals surface area contributed by atoms with Gasteiger partial charge in [0, 0.05) is 33.4 Å². The number of sulfonamides is 1. The Labute approximate surface area is 173 Å². The van der Waals surface area contributed by atoms with E-state index >= 15 is 0 Å². The molecule has 0 saturated heterocycles. The molecular weight excluding hydrogens is 481 g/mol. The zero-order valence-electron chi connectivity index (χ0n) is 15.4. The summed E-state index contributed by atoms with van der Waals surface area (Å²) in [6.45, 7) is 0. The molecule has 160 valence electrons. The number of alkyl halides is 2. The topological polar surface area (TPSA) is 109 Å². The Balaban J connectivity index is 2.14. The van der Waals surface area contributed by atoms with E-state index in [9.17, 15) is 26.8 Å². The fourth-order valence-corrected chi connectivity index (χ4v) is 3.73. The molecule has 0 amide bonds. The van der Waals surface area contributed by atoms with Gasteiger partial charge in [0.05, 0.1) is 4.47 Å². The zero-order chi connectivity index (χ0) is 21.8. The maximum absolute atomic E-state index is 14.1. The van der Waals surface area contributed by atoms with Gasteiger partial charge in [0.15, 0.2) is 5.69 Å².